The lowest BCUT2D eigenvalue weighted by Gasteiger charge is -2.22. The summed E-state index contributed by atoms with van der Waals surface area (Å²) in [5, 5.41) is 0. The molecule has 1 saturated carbocycles. The van der Waals surface area contributed by atoms with Gasteiger partial charge in [0.15, 0.2) is 12.4 Å². The molecule has 0 radical (unpaired) electrons. The summed E-state index contributed by atoms with van der Waals surface area (Å²) in [4.78, 5) is 4.99. The highest BCUT2D eigenvalue weighted by Crippen LogP contribution is 2.30. The number of hydrogen-bond acceptors (Lipinski definition) is 1. The van der Waals surface area contributed by atoms with Gasteiger partial charge in [0.2, 0.25) is 0 Å². The molecule has 1 aromatic rings. The van der Waals surface area contributed by atoms with Crippen LogP contribution in [0.5, 0.6) is 0 Å². The van der Waals surface area contributed by atoms with Gasteiger partial charge >= 0.3 is 0 Å². The van der Waals surface area contributed by atoms with Gasteiger partial charge in [0.25, 0.3) is 0 Å². The Bertz CT molecular complexity index is 476. The van der Waals surface area contributed by atoms with Crippen molar-refractivity contribution in [3.05, 3.63) is 24.0 Å². The summed E-state index contributed by atoms with van der Waals surface area (Å²) >= 11 is 0. The maximum atomic E-state index is 4.99. The van der Waals surface area contributed by atoms with Crippen LogP contribution in [0.3, 0.4) is 0 Å². The quantitative estimate of drug-likeness (QED) is 0.627. The first-order valence-electron chi connectivity index (χ1n) is 7.86. The monoisotopic (exact) mass is 257 g/mol. The molecule has 1 atom stereocenters. The van der Waals surface area contributed by atoms with Crippen LogP contribution in [-0.2, 0) is 13.5 Å². The lowest BCUT2D eigenvalue weighted by molar-refractivity contribution is -0.671. The maximum Gasteiger partial charge on any atom is 0.194 e. The Morgan fingerprint density at radius 2 is 2.00 bits per heavy atom. The molecule has 2 bridgehead atoms. The average molecular weight is 257 g/mol. The SMILES string of the molecule is C[n+]1ccc2c(c1)/N=C1/CCCCCCC(CC1)C2. The molecule has 2 nitrogen and oxygen atoms in total. The van der Waals surface area contributed by atoms with Crippen LogP contribution in [0.15, 0.2) is 23.5 Å². The molecular weight excluding hydrogens is 232 g/mol. The van der Waals surface area contributed by atoms with Crippen LogP contribution in [0.1, 0.15) is 56.9 Å². The fraction of sp³-hybridized carbons (Fsp3) is 0.647. The summed E-state index contributed by atoms with van der Waals surface area (Å²) in [5.41, 5.74) is 4.13. The van der Waals surface area contributed by atoms with Gasteiger partial charge in [-0.2, -0.15) is 0 Å². The topological polar surface area (TPSA) is 16.2 Å². The van der Waals surface area contributed by atoms with Crippen molar-refractivity contribution in [2.45, 2.75) is 57.8 Å². The van der Waals surface area contributed by atoms with Crippen LogP contribution in [-0.4, -0.2) is 5.71 Å². The largest absolute Gasteiger partial charge is 0.251 e. The summed E-state index contributed by atoms with van der Waals surface area (Å²) in [5.74, 6) is 0.870. The molecule has 1 aliphatic heterocycles. The molecule has 102 valence electrons. The molecule has 0 N–H and O–H groups in total. The van der Waals surface area contributed by atoms with Crippen LogP contribution < -0.4 is 4.57 Å². The van der Waals surface area contributed by atoms with Crippen LogP contribution >= 0.6 is 0 Å². The second-order valence-corrected chi connectivity index (χ2v) is 6.26. The van der Waals surface area contributed by atoms with Crippen molar-refractivity contribution in [3.8, 4) is 0 Å². The lowest BCUT2D eigenvalue weighted by Crippen LogP contribution is -2.27. The molecule has 2 heteroatoms. The minimum Gasteiger partial charge on any atom is -0.251 e. The first-order valence-corrected chi connectivity index (χ1v) is 7.86. The van der Waals surface area contributed by atoms with Gasteiger partial charge in [-0.25, -0.2) is 4.57 Å². The van der Waals surface area contributed by atoms with E-state index in [1.54, 1.807) is 0 Å². The van der Waals surface area contributed by atoms with Crippen molar-refractivity contribution >= 4 is 11.4 Å². The van der Waals surface area contributed by atoms with E-state index < -0.39 is 0 Å². The number of aliphatic imine (C=N–C) groups is 1. The number of rotatable bonds is 0. The highest BCUT2D eigenvalue weighted by atomic mass is 14.9. The zero-order valence-electron chi connectivity index (χ0n) is 12.1. The van der Waals surface area contributed by atoms with E-state index in [1.807, 2.05) is 0 Å². The maximum absolute atomic E-state index is 4.99. The molecule has 0 aromatic carbocycles. The van der Waals surface area contributed by atoms with E-state index in [-0.39, 0.29) is 0 Å². The lowest BCUT2D eigenvalue weighted by atomic mass is 9.86. The number of fused-ring (bicyclic) bond motifs is 4. The van der Waals surface area contributed by atoms with Crippen LogP contribution in [0.4, 0.5) is 5.69 Å². The molecule has 2 heterocycles. The van der Waals surface area contributed by atoms with Crippen molar-refractivity contribution in [3.63, 3.8) is 0 Å². The molecule has 1 unspecified atom stereocenters. The van der Waals surface area contributed by atoms with Gasteiger partial charge in [0.1, 0.15) is 12.7 Å². The van der Waals surface area contributed by atoms with Crippen LogP contribution in [0, 0.1) is 5.92 Å². The predicted molar refractivity (Wildman–Crippen MR) is 78.8 cm³/mol. The third-order valence-electron chi connectivity index (χ3n) is 4.62. The van der Waals surface area contributed by atoms with E-state index >= 15 is 0 Å². The summed E-state index contributed by atoms with van der Waals surface area (Å²) in [6.07, 6.45) is 16.3. The van der Waals surface area contributed by atoms with Crippen molar-refractivity contribution in [1.29, 1.82) is 0 Å². The Morgan fingerprint density at radius 1 is 1.11 bits per heavy atom. The molecular formula is C17H25N2+. The Morgan fingerprint density at radius 3 is 2.95 bits per heavy atom. The third-order valence-corrected chi connectivity index (χ3v) is 4.62. The number of hydrogen-bond donors (Lipinski definition) is 0. The molecule has 19 heavy (non-hydrogen) atoms. The summed E-state index contributed by atoms with van der Waals surface area (Å²) < 4.78 is 2.13. The zero-order chi connectivity index (χ0) is 13.1. The van der Waals surface area contributed by atoms with E-state index in [1.165, 1.54) is 74.7 Å². The normalized spacial score (nSPS) is 26.8. The van der Waals surface area contributed by atoms with Gasteiger partial charge in [-0.1, -0.05) is 25.7 Å². The second kappa shape index (κ2) is 5.85. The van der Waals surface area contributed by atoms with E-state index in [4.69, 9.17) is 4.99 Å². The van der Waals surface area contributed by atoms with Crippen molar-refractivity contribution in [1.82, 2.24) is 0 Å². The summed E-state index contributed by atoms with van der Waals surface area (Å²) in [6.45, 7) is 0. The smallest absolute Gasteiger partial charge is 0.194 e. The Hall–Kier alpha value is -1.18. The van der Waals surface area contributed by atoms with E-state index in [9.17, 15) is 0 Å². The highest BCUT2D eigenvalue weighted by molar-refractivity contribution is 5.87. The number of nitrogens with zero attached hydrogens (tertiary/aromatic N) is 2. The first-order chi connectivity index (χ1) is 9.31. The number of pyridine rings is 1. The van der Waals surface area contributed by atoms with Crippen LogP contribution in [0.2, 0.25) is 0 Å². The summed E-state index contributed by atoms with van der Waals surface area (Å²) in [7, 11) is 2.09. The minimum absolute atomic E-state index is 0.870. The molecule has 0 saturated heterocycles. The fourth-order valence-corrected chi connectivity index (χ4v) is 3.44. The third kappa shape index (κ3) is 3.23. The van der Waals surface area contributed by atoms with Crippen LogP contribution in [0.25, 0.3) is 0 Å². The number of aromatic nitrogens is 1. The Balaban J connectivity index is 1.97. The highest BCUT2D eigenvalue weighted by Gasteiger charge is 2.19. The average Bonchev–Trinajstić information content (AvgIpc) is 2.38. The Labute approximate surface area is 116 Å². The fourth-order valence-electron chi connectivity index (χ4n) is 3.44. The van der Waals surface area contributed by atoms with Crippen molar-refractivity contribution in [2.75, 3.05) is 0 Å². The van der Waals surface area contributed by atoms with Gasteiger partial charge in [-0.05, 0) is 43.6 Å². The van der Waals surface area contributed by atoms with Gasteiger partial charge in [-0.15, -0.1) is 0 Å². The standard InChI is InChI=1S/C17H25N2/c1-19-11-10-15-12-14-6-4-2-3-5-7-16(9-8-14)18-17(15)13-19/h10-11,13-14H,2-9,12H2,1H3/q+1/b18-16-. The Kier molecular flexibility index (Phi) is 3.95. The van der Waals surface area contributed by atoms with Gasteiger partial charge in [0.05, 0.1) is 0 Å². The van der Waals surface area contributed by atoms with Gasteiger partial charge < -0.3 is 0 Å². The van der Waals surface area contributed by atoms with Gasteiger partial charge in [0, 0.05) is 11.8 Å². The van der Waals surface area contributed by atoms with Crippen molar-refractivity contribution < 1.29 is 4.57 Å². The molecule has 0 amide bonds. The predicted octanol–water partition coefficient (Wildman–Crippen LogP) is 3.89. The van der Waals surface area contributed by atoms with E-state index in [2.05, 4.69) is 30.1 Å². The minimum atomic E-state index is 0.870. The zero-order valence-corrected chi connectivity index (χ0v) is 12.1. The van der Waals surface area contributed by atoms with Gasteiger partial charge in [-0.3, -0.25) is 4.99 Å². The molecule has 2 aliphatic rings. The first kappa shape index (κ1) is 12.8. The second-order valence-electron chi connectivity index (χ2n) is 6.26. The molecule has 1 fully saturated rings. The van der Waals surface area contributed by atoms with E-state index in [0.29, 0.717) is 0 Å². The molecule has 1 aromatic heterocycles. The van der Waals surface area contributed by atoms with E-state index in [0.717, 1.165) is 5.92 Å². The molecule has 1 aliphatic carbocycles. The molecule has 0 spiro atoms. The number of aryl methyl sites for hydroxylation is 1. The summed E-state index contributed by atoms with van der Waals surface area (Å²) in [6, 6.07) is 2.28. The molecule has 3 rings (SSSR count). The van der Waals surface area contributed by atoms with Crippen molar-refractivity contribution in [2.24, 2.45) is 18.0 Å².